The molecule has 3 nitrogen and oxygen atoms in total. The van der Waals surface area contributed by atoms with Crippen LogP contribution in [0.15, 0.2) is 24.3 Å². The number of hydrogen-bond acceptors (Lipinski definition) is 3. The molecule has 0 spiro atoms. The molecule has 0 bridgehead atoms. The zero-order valence-corrected chi connectivity index (χ0v) is 11.5. The van der Waals surface area contributed by atoms with Crippen LogP contribution in [0.5, 0.6) is 5.75 Å². The Kier molecular flexibility index (Phi) is 5.86. The van der Waals surface area contributed by atoms with Crippen LogP contribution in [0.25, 0.3) is 0 Å². The first-order chi connectivity index (χ1) is 8.56. The van der Waals surface area contributed by atoms with Gasteiger partial charge in [-0.15, -0.1) is 0 Å². The Balaban J connectivity index is 2.68. The maximum absolute atomic E-state index is 12.2. The third-order valence-electron chi connectivity index (χ3n) is 3.00. The number of ether oxygens (including phenoxy) is 1. The Morgan fingerprint density at radius 1 is 1.39 bits per heavy atom. The molecule has 0 heterocycles. The summed E-state index contributed by atoms with van der Waals surface area (Å²) in [6, 6.07) is 7.29. The van der Waals surface area contributed by atoms with Gasteiger partial charge in [0.2, 0.25) is 0 Å². The molecule has 0 saturated heterocycles. The first kappa shape index (κ1) is 14.7. The molecule has 0 aliphatic carbocycles. The molecule has 0 aromatic heterocycles. The molecule has 1 aromatic rings. The highest BCUT2D eigenvalue weighted by atomic mass is 16.5. The van der Waals surface area contributed by atoms with Gasteiger partial charge in [0.1, 0.15) is 5.75 Å². The lowest BCUT2D eigenvalue weighted by molar-refractivity contribution is 0.0957. The van der Waals surface area contributed by atoms with Gasteiger partial charge in [0.25, 0.3) is 0 Å². The Hall–Kier alpha value is -1.35. The molecule has 1 unspecified atom stereocenters. The summed E-state index contributed by atoms with van der Waals surface area (Å²) in [7, 11) is 1.60. The van der Waals surface area contributed by atoms with Gasteiger partial charge in [0, 0.05) is 12.0 Å². The number of nitrogens with two attached hydrogens (primary N) is 1. The molecule has 0 aliphatic rings. The van der Waals surface area contributed by atoms with Gasteiger partial charge < -0.3 is 10.5 Å². The summed E-state index contributed by atoms with van der Waals surface area (Å²) in [5, 5.41) is 0. The van der Waals surface area contributed by atoms with Crippen LogP contribution in [0.1, 0.15) is 37.0 Å². The number of carbonyl (C=O) groups excluding carboxylic acids is 1. The average Bonchev–Trinajstić information content (AvgIpc) is 2.37. The van der Waals surface area contributed by atoms with E-state index < -0.39 is 0 Å². The van der Waals surface area contributed by atoms with Gasteiger partial charge in [-0.25, -0.2) is 0 Å². The molecule has 0 radical (unpaired) electrons. The second-order valence-electron chi connectivity index (χ2n) is 5.09. The highest BCUT2D eigenvalue weighted by Crippen LogP contribution is 2.19. The van der Waals surface area contributed by atoms with E-state index in [2.05, 4.69) is 13.8 Å². The number of benzene rings is 1. The summed E-state index contributed by atoms with van der Waals surface area (Å²) < 4.78 is 5.12. The van der Waals surface area contributed by atoms with Gasteiger partial charge in [0.15, 0.2) is 5.78 Å². The zero-order chi connectivity index (χ0) is 13.5. The van der Waals surface area contributed by atoms with Gasteiger partial charge in [-0.2, -0.15) is 0 Å². The topological polar surface area (TPSA) is 52.3 Å². The van der Waals surface area contributed by atoms with Crippen LogP contribution in [-0.4, -0.2) is 19.4 Å². The first-order valence-electron chi connectivity index (χ1n) is 6.44. The lowest BCUT2D eigenvalue weighted by atomic mass is 9.91. The van der Waals surface area contributed by atoms with Crippen molar-refractivity contribution >= 4 is 5.78 Å². The molecule has 2 N–H and O–H groups in total. The van der Waals surface area contributed by atoms with Crippen LogP contribution in [-0.2, 0) is 0 Å². The fourth-order valence-corrected chi connectivity index (χ4v) is 2.11. The highest BCUT2D eigenvalue weighted by molar-refractivity contribution is 5.96. The molecule has 3 heteroatoms. The van der Waals surface area contributed by atoms with Gasteiger partial charge in [-0.05, 0) is 36.9 Å². The fraction of sp³-hybridized carbons (Fsp3) is 0.533. The van der Waals surface area contributed by atoms with E-state index in [0.29, 0.717) is 30.2 Å². The fourth-order valence-electron chi connectivity index (χ4n) is 2.11. The molecule has 0 fully saturated rings. The van der Waals surface area contributed by atoms with Gasteiger partial charge >= 0.3 is 0 Å². The zero-order valence-electron chi connectivity index (χ0n) is 11.5. The van der Waals surface area contributed by atoms with E-state index in [4.69, 9.17) is 10.5 Å². The van der Waals surface area contributed by atoms with E-state index in [1.165, 1.54) is 0 Å². The largest absolute Gasteiger partial charge is 0.497 e. The third kappa shape index (κ3) is 4.49. The Labute approximate surface area is 109 Å². The van der Waals surface area contributed by atoms with E-state index in [-0.39, 0.29) is 11.7 Å². The number of ketones is 1. The smallest absolute Gasteiger partial charge is 0.163 e. The van der Waals surface area contributed by atoms with Gasteiger partial charge in [0.05, 0.1) is 7.11 Å². The molecular formula is C15H23NO2. The summed E-state index contributed by atoms with van der Waals surface area (Å²) in [5.41, 5.74) is 6.43. The predicted octanol–water partition coefficient (Wildman–Crippen LogP) is 2.89. The minimum Gasteiger partial charge on any atom is -0.497 e. The molecule has 0 saturated carbocycles. The van der Waals surface area contributed by atoms with Crippen molar-refractivity contribution in [1.29, 1.82) is 0 Å². The molecule has 1 rings (SSSR count). The highest BCUT2D eigenvalue weighted by Gasteiger charge is 2.15. The number of rotatable bonds is 7. The number of carbonyl (C=O) groups is 1. The van der Waals surface area contributed by atoms with Crippen LogP contribution < -0.4 is 10.5 Å². The Morgan fingerprint density at radius 2 is 2.11 bits per heavy atom. The van der Waals surface area contributed by atoms with Crippen molar-refractivity contribution in [1.82, 2.24) is 0 Å². The lowest BCUT2D eigenvalue weighted by Gasteiger charge is -2.16. The molecule has 1 atom stereocenters. The number of methoxy groups -OCH3 is 1. The van der Waals surface area contributed by atoms with Crippen molar-refractivity contribution in [3.8, 4) is 5.75 Å². The summed E-state index contributed by atoms with van der Waals surface area (Å²) >= 11 is 0. The normalized spacial score (nSPS) is 12.5. The van der Waals surface area contributed by atoms with Gasteiger partial charge in [-0.3, -0.25) is 4.79 Å². The van der Waals surface area contributed by atoms with Crippen molar-refractivity contribution in [2.24, 2.45) is 17.6 Å². The van der Waals surface area contributed by atoms with Crippen molar-refractivity contribution in [3.63, 3.8) is 0 Å². The molecule has 18 heavy (non-hydrogen) atoms. The van der Waals surface area contributed by atoms with Crippen LogP contribution in [0.4, 0.5) is 0 Å². The molecule has 0 aliphatic heterocycles. The molecule has 1 aromatic carbocycles. The predicted molar refractivity (Wildman–Crippen MR) is 73.9 cm³/mol. The summed E-state index contributed by atoms with van der Waals surface area (Å²) in [4.78, 5) is 12.2. The minimum atomic E-state index is 0.144. The number of hydrogen-bond donors (Lipinski definition) is 1. The second kappa shape index (κ2) is 7.17. The van der Waals surface area contributed by atoms with Crippen molar-refractivity contribution in [2.45, 2.75) is 26.7 Å². The van der Waals surface area contributed by atoms with Crippen molar-refractivity contribution in [3.05, 3.63) is 29.8 Å². The van der Waals surface area contributed by atoms with Crippen LogP contribution in [0, 0.1) is 11.8 Å². The Morgan fingerprint density at radius 3 is 2.67 bits per heavy atom. The quantitative estimate of drug-likeness (QED) is 0.756. The summed E-state index contributed by atoms with van der Waals surface area (Å²) in [5.74, 6) is 1.69. The molecule has 100 valence electrons. The maximum Gasteiger partial charge on any atom is 0.163 e. The minimum absolute atomic E-state index is 0.144. The first-order valence-corrected chi connectivity index (χ1v) is 6.44. The van der Waals surface area contributed by atoms with E-state index in [0.717, 1.165) is 6.42 Å². The second-order valence-corrected chi connectivity index (χ2v) is 5.09. The van der Waals surface area contributed by atoms with E-state index in [9.17, 15) is 4.79 Å². The average molecular weight is 249 g/mol. The third-order valence-corrected chi connectivity index (χ3v) is 3.00. The summed E-state index contributed by atoms with van der Waals surface area (Å²) in [6.45, 7) is 4.87. The summed E-state index contributed by atoms with van der Waals surface area (Å²) in [6.07, 6.45) is 1.51. The maximum atomic E-state index is 12.2. The van der Waals surface area contributed by atoms with Crippen LogP contribution >= 0.6 is 0 Å². The van der Waals surface area contributed by atoms with E-state index in [1.54, 1.807) is 13.2 Å². The van der Waals surface area contributed by atoms with Crippen LogP contribution in [0.2, 0.25) is 0 Å². The number of Topliss-reactive ketones (excluding diaryl/α,β-unsaturated/α-hetero) is 1. The van der Waals surface area contributed by atoms with E-state index >= 15 is 0 Å². The standard InChI is InChI=1S/C15H23NO2/c1-11(2)7-12(10-16)8-15(17)13-5-4-6-14(9-13)18-3/h4-6,9,11-12H,7-8,10,16H2,1-3H3. The lowest BCUT2D eigenvalue weighted by Crippen LogP contribution is -2.20. The van der Waals surface area contributed by atoms with Crippen molar-refractivity contribution in [2.75, 3.05) is 13.7 Å². The van der Waals surface area contributed by atoms with Gasteiger partial charge in [-0.1, -0.05) is 26.0 Å². The van der Waals surface area contributed by atoms with Crippen LogP contribution in [0.3, 0.4) is 0 Å². The van der Waals surface area contributed by atoms with E-state index in [1.807, 2.05) is 18.2 Å². The Bertz CT molecular complexity index is 388. The van der Waals surface area contributed by atoms with Crippen molar-refractivity contribution < 1.29 is 9.53 Å². The molecule has 0 amide bonds. The monoisotopic (exact) mass is 249 g/mol. The SMILES string of the molecule is COc1cccc(C(=O)CC(CN)CC(C)C)c1. The molecular weight excluding hydrogens is 226 g/mol.